The molecular weight excluding hydrogens is 322 g/mol. The van der Waals surface area contributed by atoms with E-state index in [1.54, 1.807) is 12.1 Å². The van der Waals surface area contributed by atoms with E-state index >= 15 is 0 Å². The molecule has 0 fully saturated rings. The molecule has 8 nitrogen and oxygen atoms in total. The molecule has 23 heavy (non-hydrogen) atoms. The Morgan fingerprint density at radius 1 is 1.13 bits per heavy atom. The van der Waals surface area contributed by atoms with Gasteiger partial charge in [-0.15, -0.1) is 0 Å². The lowest BCUT2D eigenvalue weighted by Gasteiger charge is -2.11. The Hall–Kier alpha value is -2.55. The van der Waals surface area contributed by atoms with E-state index in [1.165, 1.54) is 32.5 Å². The predicted molar refractivity (Wildman–Crippen MR) is 83.6 cm³/mol. The molecule has 9 heteroatoms. The Morgan fingerprint density at radius 3 is 2.39 bits per heavy atom. The third-order valence-corrected chi connectivity index (χ3v) is 4.18. The largest absolute Gasteiger partial charge is 0.494 e. The zero-order chi connectivity index (χ0) is 16.9. The Morgan fingerprint density at radius 2 is 1.83 bits per heavy atom. The molecule has 1 N–H and O–H groups in total. The zero-order valence-corrected chi connectivity index (χ0v) is 13.8. The van der Waals surface area contributed by atoms with Gasteiger partial charge in [-0.25, -0.2) is 13.4 Å². The third kappa shape index (κ3) is 4.01. The standard InChI is InChI=1S/C14H17N3O5S/c1-4-22-10-5-7-11(8-6-10)23(18,19)17-12-9-15-14(21-3)16-13(12)20-2/h5-9,17H,4H2,1-3H3. The van der Waals surface area contributed by atoms with Crippen LogP contribution in [0.15, 0.2) is 35.4 Å². The van der Waals surface area contributed by atoms with Crippen LogP contribution < -0.4 is 18.9 Å². The summed E-state index contributed by atoms with van der Waals surface area (Å²) in [6.07, 6.45) is 1.27. The smallest absolute Gasteiger partial charge is 0.319 e. The second kappa shape index (κ2) is 7.14. The van der Waals surface area contributed by atoms with Crippen LogP contribution in [0.4, 0.5) is 5.69 Å². The first-order valence-electron chi connectivity index (χ1n) is 6.71. The van der Waals surface area contributed by atoms with Crippen molar-refractivity contribution in [2.24, 2.45) is 0 Å². The number of methoxy groups -OCH3 is 2. The van der Waals surface area contributed by atoms with Crippen molar-refractivity contribution in [2.45, 2.75) is 11.8 Å². The molecule has 0 saturated heterocycles. The molecule has 0 radical (unpaired) electrons. The molecule has 0 unspecified atom stereocenters. The number of rotatable bonds is 7. The molecule has 0 amide bonds. The fraction of sp³-hybridized carbons (Fsp3) is 0.286. The normalized spacial score (nSPS) is 10.9. The quantitative estimate of drug-likeness (QED) is 0.819. The fourth-order valence-corrected chi connectivity index (χ4v) is 2.80. The van der Waals surface area contributed by atoms with E-state index in [-0.39, 0.29) is 22.5 Å². The van der Waals surface area contributed by atoms with Gasteiger partial charge in [-0.05, 0) is 31.2 Å². The highest BCUT2D eigenvalue weighted by molar-refractivity contribution is 7.92. The van der Waals surface area contributed by atoms with E-state index in [4.69, 9.17) is 14.2 Å². The molecular formula is C14H17N3O5S. The Kier molecular flexibility index (Phi) is 5.22. The van der Waals surface area contributed by atoms with Crippen molar-refractivity contribution in [3.63, 3.8) is 0 Å². The molecule has 0 saturated carbocycles. The molecule has 0 atom stereocenters. The number of aromatic nitrogens is 2. The summed E-state index contributed by atoms with van der Waals surface area (Å²) in [5, 5.41) is 0. The Labute approximate surface area is 134 Å². The molecule has 1 heterocycles. The van der Waals surface area contributed by atoms with Crippen LogP contribution in [0.25, 0.3) is 0 Å². The molecule has 1 aromatic heterocycles. The van der Waals surface area contributed by atoms with Gasteiger partial charge in [0.05, 0.1) is 31.9 Å². The molecule has 2 rings (SSSR count). The Balaban J connectivity index is 2.27. The first kappa shape index (κ1) is 16.8. The van der Waals surface area contributed by atoms with Gasteiger partial charge in [-0.1, -0.05) is 0 Å². The molecule has 0 aliphatic heterocycles. The summed E-state index contributed by atoms with van der Waals surface area (Å²) in [6.45, 7) is 2.35. The van der Waals surface area contributed by atoms with Crippen molar-refractivity contribution >= 4 is 15.7 Å². The van der Waals surface area contributed by atoms with Crippen LogP contribution in [-0.4, -0.2) is 39.2 Å². The number of benzene rings is 1. The number of nitrogens with one attached hydrogen (secondary N) is 1. The van der Waals surface area contributed by atoms with Gasteiger partial charge in [-0.2, -0.15) is 4.98 Å². The average molecular weight is 339 g/mol. The SMILES string of the molecule is CCOc1ccc(S(=O)(=O)Nc2cnc(OC)nc2OC)cc1. The minimum absolute atomic E-state index is 0.0614. The second-order valence-electron chi connectivity index (χ2n) is 4.29. The van der Waals surface area contributed by atoms with Crippen LogP contribution in [0.3, 0.4) is 0 Å². The number of anilines is 1. The molecule has 0 aliphatic carbocycles. The van der Waals surface area contributed by atoms with Gasteiger partial charge in [0.25, 0.3) is 10.0 Å². The van der Waals surface area contributed by atoms with Crippen molar-refractivity contribution in [2.75, 3.05) is 25.5 Å². The van der Waals surface area contributed by atoms with E-state index in [9.17, 15) is 8.42 Å². The lowest BCUT2D eigenvalue weighted by molar-refractivity contribution is 0.340. The van der Waals surface area contributed by atoms with Crippen LogP contribution in [-0.2, 0) is 10.0 Å². The van der Waals surface area contributed by atoms with Crippen molar-refractivity contribution in [1.29, 1.82) is 0 Å². The van der Waals surface area contributed by atoms with Gasteiger partial charge in [-0.3, -0.25) is 4.72 Å². The average Bonchev–Trinajstić information content (AvgIpc) is 2.55. The van der Waals surface area contributed by atoms with Crippen molar-refractivity contribution in [1.82, 2.24) is 9.97 Å². The Bertz CT molecular complexity index is 762. The number of sulfonamides is 1. The second-order valence-corrected chi connectivity index (χ2v) is 5.97. The zero-order valence-electron chi connectivity index (χ0n) is 12.9. The first-order chi connectivity index (χ1) is 11.0. The first-order valence-corrected chi connectivity index (χ1v) is 8.19. The molecule has 1 aromatic carbocycles. The highest BCUT2D eigenvalue weighted by atomic mass is 32.2. The molecule has 2 aromatic rings. The maximum atomic E-state index is 12.4. The fourth-order valence-electron chi connectivity index (χ4n) is 1.76. The summed E-state index contributed by atoms with van der Waals surface area (Å²) in [4.78, 5) is 7.87. The van der Waals surface area contributed by atoms with Gasteiger partial charge in [0.15, 0.2) is 0 Å². The molecule has 124 valence electrons. The van der Waals surface area contributed by atoms with E-state index in [1.807, 2.05) is 6.92 Å². The summed E-state index contributed by atoms with van der Waals surface area (Å²) in [5.74, 6) is 0.656. The third-order valence-electron chi connectivity index (χ3n) is 2.80. The van der Waals surface area contributed by atoms with Crippen LogP contribution in [0.1, 0.15) is 6.92 Å². The van der Waals surface area contributed by atoms with Crippen LogP contribution >= 0.6 is 0 Å². The molecule has 0 aliphatic rings. The number of hydrogen-bond donors (Lipinski definition) is 1. The summed E-state index contributed by atoms with van der Waals surface area (Å²) in [6, 6.07) is 6.14. The summed E-state index contributed by atoms with van der Waals surface area (Å²) in [7, 11) is -1.03. The maximum Gasteiger partial charge on any atom is 0.319 e. The summed E-state index contributed by atoms with van der Waals surface area (Å²) < 4.78 is 42.4. The minimum Gasteiger partial charge on any atom is -0.494 e. The van der Waals surface area contributed by atoms with Crippen molar-refractivity contribution < 1.29 is 22.6 Å². The number of ether oxygens (including phenoxy) is 3. The highest BCUT2D eigenvalue weighted by Crippen LogP contribution is 2.26. The predicted octanol–water partition coefficient (Wildman–Crippen LogP) is 1.69. The van der Waals surface area contributed by atoms with Crippen LogP contribution in [0, 0.1) is 0 Å². The highest BCUT2D eigenvalue weighted by Gasteiger charge is 2.18. The van der Waals surface area contributed by atoms with Gasteiger partial charge < -0.3 is 14.2 Å². The van der Waals surface area contributed by atoms with Crippen molar-refractivity contribution in [3.05, 3.63) is 30.5 Å². The summed E-state index contributed by atoms with van der Waals surface area (Å²) in [5.41, 5.74) is 0.113. The molecule has 0 bridgehead atoms. The van der Waals surface area contributed by atoms with Gasteiger partial charge in [0.1, 0.15) is 11.4 Å². The molecule has 0 spiro atoms. The number of hydrogen-bond acceptors (Lipinski definition) is 7. The maximum absolute atomic E-state index is 12.4. The van der Waals surface area contributed by atoms with E-state index in [2.05, 4.69) is 14.7 Å². The minimum atomic E-state index is -3.80. The topological polar surface area (TPSA) is 99.6 Å². The van der Waals surface area contributed by atoms with Crippen molar-refractivity contribution in [3.8, 4) is 17.6 Å². The monoisotopic (exact) mass is 339 g/mol. The van der Waals surface area contributed by atoms with E-state index in [0.717, 1.165) is 0 Å². The van der Waals surface area contributed by atoms with Gasteiger partial charge in [0.2, 0.25) is 5.88 Å². The number of nitrogens with zero attached hydrogens (tertiary/aromatic N) is 2. The van der Waals surface area contributed by atoms with Gasteiger partial charge >= 0.3 is 6.01 Å². The van der Waals surface area contributed by atoms with Crippen LogP contribution in [0.5, 0.6) is 17.6 Å². The van der Waals surface area contributed by atoms with Crippen LogP contribution in [0.2, 0.25) is 0 Å². The van der Waals surface area contributed by atoms with E-state index < -0.39 is 10.0 Å². The van der Waals surface area contributed by atoms with E-state index in [0.29, 0.717) is 12.4 Å². The van der Waals surface area contributed by atoms with Gasteiger partial charge in [0, 0.05) is 0 Å². The lowest BCUT2D eigenvalue weighted by Crippen LogP contribution is -2.14. The lowest BCUT2D eigenvalue weighted by atomic mass is 10.3. The summed E-state index contributed by atoms with van der Waals surface area (Å²) >= 11 is 0.